The van der Waals surface area contributed by atoms with Crippen LogP contribution in [0.5, 0.6) is 0 Å². The summed E-state index contributed by atoms with van der Waals surface area (Å²) in [6, 6.07) is 0. The van der Waals surface area contributed by atoms with E-state index in [-0.39, 0.29) is 19.8 Å². The second-order valence-electron chi connectivity index (χ2n) is 3.00. The van der Waals surface area contributed by atoms with Crippen molar-refractivity contribution in [1.82, 2.24) is 0 Å². The zero-order valence-corrected chi connectivity index (χ0v) is 9.23. The Hall–Kier alpha value is -1.63. The summed E-state index contributed by atoms with van der Waals surface area (Å²) in [6.07, 6.45) is -0.694. The molecule has 0 radical (unpaired) electrons. The molecule has 0 aromatic rings. The summed E-state index contributed by atoms with van der Waals surface area (Å²) in [5, 5.41) is 0. The number of esters is 2. The van der Waals surface area contributed by atoms with Crippen molar-refractivity contribution in [2.45, 2.75) is 20.0 Å². The average molecular weight is 233 g/mol. The molecule has 7 nitrogen and oxygen atoms in total. The normalized spacial score (nSPS) is 9.94. The molecule has 0 unspecified atom stereocenters. The van der Waals surface area contributed by atoms with Crippen LogP contribution in [-0.4, -0.2) is 43.8 Å². The highest BCUT2D eigenvalue weighted by atomic mass is 16.6. The van der Waals surface area contributed by atoms with Gasteiger partial charge in [0.2, 0.25) is 5.91 Å². The van der Waals surface area contributed by atoms with Crippen molar-refractivity contribution in [2.24, 2.45) is 5.73 Å². The van der Waals surface area contributed by atoms with E-state index in [0.29, 0.717) is 0 Å². The molecule has 0 spiro atoms. The predicted octanol–water partition coefficient (Wildman–Crippen LogP) is -1.02. The molecule has 0 fully saturated rings. The van der Waals surface area contributed by atoms with Gasteiger partial charge in [0.15, 0.2) is 0 Å². The van der Waals surface area contributed by atoms with Gasteiger partial charge in [-0.25, -0.2) is 0 Å². The maximum atomic E-state index is 10.5. The van der Waals surface area contributed by atoms with Crippen LogP contribution in [0.2, 0.25) is 0 Å². The van der Waals surface area contributed by atoms with E-state index in [9.17, 15) is 14.4 Å². The van der Waals surface area contributed by atoms with Gasteiger partial charge in [-0.05, 0) is 0 Å². The monoisotopic (exact) mass is 233 g/mol. The zero-order valence-electron chi connectivity index (χ0n) is 9.23. The van der Waals surface area contributed by atoms with Gasteiger partial charge < -0.3 is 19.9 Å². The summed E-state index contributed by atoms with van der Waals surface area (Å²) in [6.45, 7) is 1.94. The van der Waals surface area contributed by atoms with E-state index in [2.05, 4.69) is 9.47 Å². The summed E-state index contributed by atoms with van der Waals surface area (Å²) in [5.74, 6) is -1.64. The van der Waals surface area contributed by atoms with Crippen molar-refractivity contribution in [3.8, 4) is 0 Å². The van der Waals surface area contributed by atoms with Crippen molar-refractivity contribution in [1.29, 1.82) is 0 Å². The van der Waals surface area contributed by atoms with Crippen molar-refractivity contribution >= 4 is 17.8 Å². The molecule has 1 amide bonds. The summed E-state index contributed by atoms with van der Waals surface area (Å²) >= 11 is 0. The van der Waals surface area contributed by atoms with Crippen LogP contribution in [0.15, 0.2) is 0 Å². The second-order valence-corrected chi connectivity index (χ2v) is 3.00. The van der Waals surface area contributed by atoms with Crippen molar-refractivity contribution < 1.29 is 28.6 Å². The van der Waals surface area contributed by atoms with E-state index in [1.54, 1.807) is 0 Å². The molecule has 0 rings (SSSR count). The molecule has 0 aromatic carbocycles. The minimum absolute atomic E-state index is 0.101. The lowest BCUT2D eigenvalue weighted by Gasteiger charge is -2.16. The van der Waals surface area contributed by atoms with Crippen LogP contribution in [0.25, 0.3) is 0 Å². The van der Waals surface area contributed by atoms with Crippen molar-refractivity contribution in [3.05, 3.63) is 0 Å². The SMILES string of the molecule is CC(=O)OCC(COC(C)=O)OCC(N)=O. The Bertz CT molecular complexity index is 222. The largest absolute Gasteiger partial charge is 0.463 e. The fraction of sp³-hybridized carbons (Fsp3) is 0.667. The lowest BCUT2D eigenvalue weighted by molar-refractivity contribution is -0.153. The highest BCUT2D eigenvalue weighted by Crippen LogP contribution is 1.96. The number of carbonyl (C=O) groups excluding carboxylic acids is 3. The fourth-order valence-corrected chi connectivity index (χ4v) is 0.765. The second kappa shape index (κ2) is 7.63. The summed E-state index contributed by atoms with van der Waals surface area (Å²) in [5.41, 5.74) is 4.87. The lowest BCUT2D eigenvalue weighted by atomic mass is 10.4. The zero-order chi connectivity index (χ0) is 12.6. The number of primary amides is 1. The van der Waals surface area contributed by atoms with Crippen molar-refractivity contribution in [3.63, 3.8) is 0 Å². The molecule has 0 aliphatic rings. The standard InChI is InChI=1S/C9H15NO6/c1-6(11)14-3-8(4-15-7(2)12)16-5-9(10)13/h8H,3-5H2,1-2H3,(H2,10,13). The van der Waals surface area contributed by atoms with E-state index < -0.39 is 23.9 Å². The molecule has 92 valence electrons. The lowest BCUT2D eigenvalue weighted by Crippen LogP contribution is -2.31. The van der Waals surface area contributed by atoms with Gasteiger partial charge in [0.25, 0.3) is 0 Å². The van der Waals surface area contributed by atoms with E-state index in [1.807, 2.05) is 0 Å². The van der Waals surface area contributed by atoms with Gasteiger partial charge in [0.05, 0.1) is 0 Å². The first-order chi connectivity index (χ1) is 7.41. The van der Waals surface area contributed by atoms with Crippen LogP contribution in [0.3, 0.4) is 0 Å². The van der Waals surface area contributed by atoms with Crippen LogP contribution in [0.4, 0.5) is 0 Å². The molecular formula is C9H15NO6. The van der Waals surface area contributed by atoms with Crippen molar-refractivity contribution in [2.75, 3.05) is 19.8 Å². The first kappa shape index (κ1) is 14.4. The molecule has 0 saturated heterocycles. The van der Waals surface area contributed by atoms with Crippen LogP contribution < -0.4 is 5.73 Å². The molecule has 7 heteroatoms. The van der Waals surface area contributed by atoms with E-state index >= 15 is 0 Å². The minimum Gasteiger partial charge on any atom is -0.463 e. The maximum Gasteiger partial charge on any atom is 0.302 e. The molecule has 0 aromatic heterocycles. The third-order valence-corrected chi connectivity index (χ3v) is 1.41. The molecule has 0 atom stereocenters. The number of hydrogen-bond donors (Lipinski definition) is 1. The molecule has 0 heterocycles. The van der Waals surface area contributed by atoms with Gasteiger partial charge >= 0.3 is 11.9 Å². The molecule has 2 N–H and O–H groups in total. The van der Waals surface area contributed by atoms with Gasteiger partial charge in [-0.3, -0.25) is 14.4 Å². The third kappa shape index (κ3) is 8.95. The Morgan fingerprint density at radius 1 is 1.06 bits per heavy atom. The van der Waals surface area contributed by atoms with Gasteiger partial charge in [-0.15, -0.1) is 0 Å². The highest BCUT2D eigenvalue weighted by molar-refractivity contribution is 5.75. The quantitative estimate of drug-likeness (QED) is 0.564. The summed E-state index contributed by atoms with van der Waals surface area (Å²) in [7, 11) is 0. The topological polar surface area (TPSA) is 105 Å². The van der Waals surface area contributed by atoms with Crippen LogP contribution in [0.1, 0.15) is 13.8 Å². The maximum absolute atomic E-state index is 10.5. The number of ether oxygens (including phenoxy) is 3. The molecule has 0 aliphatic carbocycles. The number of hydrogen-bond acceptors (Lipinski definition) is 6. The molecule has 0 saturated carbocycles. The number of carbonyl (C=O) groups is 3. The third-order valence-electron chi connectivity index (χ3n) is 1.41. The molecular weight excluding hydrogens is 218 g/mol. The number of rotatable bonds is 7. The predicted molar refractivity (Wildman–Crippen MR) is 52.2 cm³/mol. The smallest absolute Gasteiger partial charge is 0.302 e. The molecule has 0 bridgehead atoms. The Balaban J connectivity index is 3.98. The van der Waals surface area contributed by atoms with Crippen LogP contribution in [0, 0.1) is 0 Å². The number of nitrogens with two attached hydrogens (primary N) is 1. The van der Waals surface area contributed by atoms with Gasteiger partial charge in [0, 0.05) is 13.8 Å². The van der Waals surface area contributed by atoms with Crippen LogP contribution in [-0.2, 0) is 28.6 Å². The molecule has 0 aliphatic heterocycles. The average Bonchev–Trinajstić information content (AvgIpc) is 2.15. The Kier molecular flexibility index (Phi) is 6.86. The fourth-order valence-electron chi connectivity index (χ4n) is 0.765. The van der Waals surface area contributed by atoms with Gasteiger partial charge in [0.1, 0.15) is 25.9 Å². The Morgan fingerprint density at radius 3 is 1.81 bits per heavy atom. The van der Waals surface area contributed by atoms with Gasteiger partial charge in [-0.1, -0.05) is 0 Å². The van der Waals surface area contributed by atoms with E-state index in [4.69, 9.17) is 10.5 Å². The molecule has 16 heavy (non-hydrogen) atoms. The van der Waals surface area contributed by atoms with Crippen LogP contribution >= 0.6 is 0 Å². The van der Waals surface area contributed by atoms with E-state index in [0.717, 1.165) is 0 Å². The number of amides is 1. The Morgan fingerprint density at radius 2 is 1.50 bits per heavy atom. The Labute approximate surface area is 92.8 Å². The van der Waals surface area contributed by atoms with Gasteiger partial charge in [-0.2, -0.15) is 0 Å². The van der Waals surface area contributed by atoms with E-state index in [1.165, 1.54) is 13.8 Å². The highest BCUT2D eigenvalue weighted by Gasteiger charge is 2.14. The summed E-state index contributed by atoms with van der Waals surface area (Å²) in [4.78, 5) is 31.6. The first-order valence-electron chi connectivity index (χ1n) is 4.58. The first-order valence-corrected chi connectivity index (χ1v) is 4.58. The summed E-state index contributed by atoms with van der Waals surface area (Å²) < 4.78 is 14.3. The minimum atomic E-state index is -0.694.